The van der Waals surface area contributed by atoms with Crippen molar-refractivity contribution in [3.8, 4) is 0 Å². The van der Waals surface area contributed by atoms with Crippen molar-refractivity contribution in [2.45, 2.75) is 26.2 Å². The Kier molecular flexibility index (Phi) is 9.20. The maximum Gasteiger partial charge on any atom is 0.796 e. The number of carbonyl (C=O) groups is 2. The van der Waals surface area contributed by atoms with E-state index in [0.717, 1.165) is 29.1 Å². The second kappa shape index (κ2) is 11.6. The van der Waals surface area contributed by atoms with Crippen molar-refractivity contribution in [2.24, 2.45) is 0 Å². The van der Waals surface area contributed by atoms with Crippen molar-refractivity contribution in [1.82, 2.24) is 5.32 Å². The number of carbonyl (C=O) groups excluding carboxylic acids is 1. The molecule has 0 unspecified atom stereocenters. The van der Waals surface area contributed by atoms with E-state index in [0.29, 0.717) is 18.8 Å². The van der Waals surface area contributed by atoms with Crippen LogP contribution < -0.4 is 10.2 Å². The van der Waals surface area contributed by atoms with Gasteiger partial charge in [-0.15, -0.1) is 0 Å². The minimum absolute atomic E-state index is 0.331. The summed E-state index contributed by atoms with van der Waals surface area (Å²) in [7, 11) is 0.0895. The topological polar surface area (TPSA) is 88.1 Å². The highest BCUT2D eigenvalue weighted by atomic mass is 19.2. The molecule has 1 aromatic rings. The molecule has 1 aliphatic rings. The van der Waals surface area contributed by atoms with Crippen LogP contribution in [0.15, 0.2) is 71.3 Å². The fourth-order valence-corrected chi connectivity index (χ4v) is 3.80. The third-order valence-corrected chi connectivity index (χ3v) is 5.42. The maximum atomic E-state index is 13.0. The summed E-state index contributed by atoms with van der Waals surface area (Å²) in [5, 5.41) is 12.4. The average Bonchev–Trinajstić information content (AvgIpc) is 2.94. The van der Waals surface area contributed by atoms with Crippen LogP contribution in [-0.2, 0) is 24.4 Å². The number of methoxy groups -OCH3 is 1. The standard InChI is InChI=1S/C24H29BF2N2O5/c1-16(28-13-14-33-5)15-20(34-25(26)27)22(23(31)32)19(30)11-8-12-21-24(2,3)17-9-6-7-10-18(17)29(21)4/h6-12,15,28H,13-14H2,1-5H3,(H,31,32)/b11-8+,16-15-,21-12+,22-20+. The monoisotopic (exact) mass is 474 g/mol. The molecular formula is C24H29BF2N2O5. The van der Waals surface area contributed by atoms with E-state index in [9.17, 15) is 23.3 Å². The summed E-state index contributed by atoms with van der Waals surface area (Å²) >= 11 is 0. The molecule has 1 heterocycles. The quantitative estimate of drug-likeness (QED) is 0.0959. The lowest BCUT2D eigenvalue weighted by molar-refractivity contribution is -0.134. The number of hydrogen-bond acceptors (Lipinski definition) is 6. The molecule has 1 aromatic carbocycles. The van der Waals surface area contributed by atoms with Gasteiger partial charge in [0.05, 0.1) is 6.61 Å². The highest BCUT2D eigenvalue weighted by Gasteiger charge is 2.37. The molecule has 34 heavy (non-hydrogen) atoms. The number of carboxylic acids is 1. The van der Waals surface area contributed by atoms with Crippen LogP contribution >= 0.6 is 0 Å². The molecule has 0 radical (unpaired) electrons. The predicted molar refractivity (Wildman–Crippen MR) is 127 cm³/mol. The summed E-state index contributed by atoms with van der Waals surface area (Å²) in [5.41, 5.74) is 2.12. The molecule has 0 saturated heterocycles. The van der Waals surface area contributed by atoms with Gasteiger partial charge < -0.3 is 24.7 Å². The fourth-order valence-electron chi connectivity index (χ4n) is 3.80. The van der Waals surface area contributed by atoms with Gasteiger partial charge in [0.25, 0.3) is 0 Å². The third kappa shape index (κ3) is 6.35. The third-order valence-electron chi connectivity index (χ3n) is 5.42. The number of likely N-dealkylation sites (N-methyl/N-ethyl adjacent to an activating group) is 1. The lowest BCUT2D eigenvalue weighted by atomic mass is 9.84. The van der Waals surface area contributed by atoms with Gasteiger partial charge in [0.1, 0.15) is 11.3 Å². The largest absolute Gasteiger partial charge is 0.796 e. The van der Waals surface area contributed by atoms with Gasteiger partial charge in [0, 0.05) is 43.2 Å². The molecule has 2 N–H and O–H groups in total. The Morgan fingerprint density at radius 1 is 1.26 bits per heavy atom. The van der Waals surface area contributed by atoms with Crippen molar-refractivity contribution in [3.63, 3.8) is 0 Å². The minimum Gasteiger partial charge on any atom is -0.504 e. The number of halogens is 2. The zero-order chi connectivity index (χ0) is 25.5. The first kappa shape index (κ1) is 26.9. The van der Waals surface area contributed by atoms with Crippen molar-refractivity contribution >= 4 is 24.9 Å². The number of nitrogens with one attached hydrogen (secondary N) is 1. The van der Waals surface area contributed by atoms with Crippen LogP contribution in [0.25, 0.3) is 0 Å². The van der Waals surface area contributed by atoms with Crippen LogP contribution in [-0.4, -0.2) is 51.6 Å². The number of nitrogens with zero attached hydrogens (tertiary/aromatic N) is 1. The van der Waals surface area contributed by atoms with Gasteiger partial charge in [-0.25, -0.2) is 13.4 Å². The number of para-hydroxylation sites is 1. The van der Waals surface area contributed by atoms with E-state index >= 15 is 0 Å². The number of fused-ring (bicyclic) bond motifs is 1. The van der Waals surface area contributed by atoms with Crippen molar-refractivity contribution in [2.75, 3.05) is 32.2 Å². The second-order valence-corrected chi connectivity index (χ2v) is 8.15. The van der Waals surface area contributed by atoms with E-state index in [1.54, 1.807) is 6.08 Å². The number of aliphatic carboxylic acids is 1. The number of ketones is 1. The second-order valence-electron chi connectivity index (χ2n) is 8.15. The van der Waals surface area contributed by atoms with Gasteiger partial charge in [0.2, 0.25) is 0 Å². The molecule has 10 heteroatoms. The zero-order valence-electron chi connectivity index (χ0n) is 19.9. The minimum atomic E-state index is -3.31. The van der Waals surface area contributed by atoms with Crippen LogP contribution in [0, 0.1) is 0 Å². The van der Waals surface area contributed by atoms with E-state index in [1.165, 1.54) is 20.1 Å². The van der Waals surface area contributed by atoms with Crippen LogP contribution in [0.4, 0.5) is 14.3 Å². The molecule has 0 bridgehead atoms. The molecule has 0 spiro atoms. The van der Waals surface area contributed by atoms with E-state index in [1.807, 2.05) is 50.1 Å². The van der Waals surface area contributed by atoms with E-state index in [4.69, 9.17) is 4.74 Å². The summed E-state index contributed by atoms with van der Waals surface area (Å²) in [4.78, 5) is 26.5. The molecule has 0 fully saturated rings. The number of rotatable bonds is 11. The molecule has 0 saturated carbocycles. The summed E-state index contributed by atoms with van der Waals surface area (Å²) in [6, 6.07) is 7.89. The normalized spacial score (nSPS) is 17.0. The first-order valence-electron chi connectivity index (χ1n) is 10.6. The Bertz CT molecular complexity index is 1050. The SMILES string of the molecule is COCCN/C(C)=C\C(OB(F)F)=C(/C(=O)O)C(=O)/C=C/C=C1/N(C)c2ccccc2C1(C)C. The average molecular weight is 474 g/mol. The van der Waals surface area contributed by atoms with Gasteiger partial charge >= 0.3 is 13.4 Å². The molecule has 0 atom stereocenters. The van der Waals surface area contributed by atoms with Crippen LogP contribution in [0.2, 0.25) is 0 Å². The first-order valence-corrected chi connectivity index (χ1v) is 10.6. The number of anilines is 1. The van der Waals surface area contributed by atoms with Crippen molar-refractivity contribution in [3.05, 3.63) is 76.9 Å². The van der Waals surface area contributed by atoms with Crippen molar-refractivity contribution in [1.29, 1.82) is 0 Å². The molecule has 182 valence electrons. The Labute approximate surface area is 198 Å². The number of benzene rings is 1. The molecule has 2 rings (SSSR count). The number of ether oxygens (including phenoxy) is 1. The highest BCUT2D eigenvalue weighted by Crippen LogP contribution is 2.46. The fraction of sp³-hybridized carbons (Fsp3) is 0.333. The number of carboxylic acid groups (broad SMARTS) is 1. The molecule has 1 aliphatic heterocycles. The summed E-state index contributed by atoms with van der Waals surface area (Å²) < 4.78 is 35.2. The predicted octanol–water partition coefficient (Wildman–Crippen LogP) is 3.84. The smallest absolute Gasteiger partial charge is 0.504 e. The summed E-state index contributed by atoms with van der Waals surface area (Å²) in [5.74, 6) is -3.39. The summed E-state index contributed by atoms with van der Waals surface area (Å²) in [6.45, 7) is 6.31. The first-order chi connectivity index (χ1) is 16.0. The van der Waals surface area contributed by atoms with Crippen LogP contribution in [0.5, 0.6) is 0 Å². The molecule has 0 aromatic heterocycles. The van der Waals surface area contributed by atoms with E-state index in [-0.39, 0.29) is 5.41 Å². The molecule has 0 aliphatic carbocycles. The Balaban J connectivity index is 2.37. The molecule has 0 amide bonds. The lowest BCUT2D eigenvalue weighted by Crippen LogP contribution is -2.22. The van der Waals surface area contributed by atoms with E-state index < -0.39 is 30.6 Å². The number of allylic oxidation sites excluding steroid dienone is 6. The van der Waals surface area contributed by atoms with Gasteiger partial charge in [0.15, 0.2) is 5.78 Å². The van der Waals surface area contributed by atoms with Gasteiger partial charge in [-0.1, -0.05) is 38.1 Å². The molecular weight excluding hydrogens is 445 g/mol. The van der Waals surface area contributed by atoms with Gasteiger partial charge in [-0.05, 0) is 36.8 Å². The van der Waals surface area contributed by atoms with E-state index in [2.05, 4.69) is 9.97 Å². The van der Waals surface area contributed by atoms with Gasteiger partial charge in [-0.2, -0.15) is 0 Å². The highest BCUT2D eigenvalue weighted by molar-refractivity contribution is 6.35. The number of hydrogen-bond donors (Lipinski definition) is 2. The molecule has 7 nitrogen and oxygen atoms in total. The van der Waals surface area contributed by atoms with Crippen LogP contribution in [0.3, 0.4) is 0 Å². The summed E-state index contributed by atoms with van der Waals surface area (Å²) in [6.07, 6.45) is 5.20. The maximum absolute atomic E-state index is 13.0. The zero-order valence-corrected chi connectivity index (χ0v) is 19.9. The van der Waals surface area contributed by atoms with Crippen LogP contribution in [0.1, 0.15) is 26.3 Å². The van der Waals surface area contributed by atoms with Gasteiger partial charge in [-0.3, -0.25) is 4.79 Å². The van der Waals surface area contributed by atoms with Crippen molar-refractivity contribution < 1.29 is 32.7 Å². The Morgan fingerprint density at radius 3 is 2.53 bits per heavy atom. The lowest BCUT2D eigenvalue weighted by Gasteiger charge is -2.23. The Hall–Kier alpha value is -3.40. The Morgan fingerprint density at radius 2 is 1.94 bits per heavy atom.